The molecule has 8 atom stereocenters. The highest BCUT2D eigenvalue weighted by Gasteiger charge is 2.70. The summed E-state index contributed by atoms with van der Waals surface area (Å²) in [4.78, 5) is 64.6. The highest BCUT2D eigenvalue weighted by molar-refractivity contribution is 6.05. The molecule has 7 nitrogen and oxygen atoms in total. The van der Waals surface area contributed by atoms with Crippen molar-refractivity contribution in [3.8, 4) is 0 Å². The molecular formula is C30H42O7. The van der Waals surface area contributed by atoms with Crippen molar-refractivity contribution >= 4 is 29.1 Å². The lowest BCUT2D eigenvalue weighted by molar-refractivity contribution is -0.147. The number of carbonyl (C=O) groups is 5. The van der Waals surface area contributed by atoms with Gasteiger partial charge < -0.3 is 10.2 Å². The summed E-state index contributed by atoms with van der Waals surface area (Å²) in [6, 6.07) is 0. The quantitative estimate of drug-likeness (QED) is 0.540. The Morgan fingerprint density at radius 3 is 2.22 bits per heavy atom. The van der Waals surface area contributed by atoms with Gasteiger partial charge in [-0.3, -0.25) is 24.0 Å². The SMILES string of the molecule is CC(CC(=O)CC(C)C1CC(=O)[C@]2(C)C3=C(C(=O)C[C@@]12C)[C@]1(C)CCC(=O)C(C)(C)C1C[C@H]3O)C(=O)O. The maximum Gasteiger partial charge on any atom is 0.306 e. The molecule has 4 unspecified atom stereocenters. The largest absolute Gasteiger partial charge is 0.481 e. The Bertz CT molecular complexity index is 1110. The van der Waals surface area contributed by atoms with Crippen molar-refractivity contribution in [2.75, 3.05) is 0 Å². The molecule has 0 radical (unpaired) electrons. The monoisotopic (exact) mass is 514 g/mol. The Balaban J connectivity index is 1.75. The third-order valence-electron chi connectivity index (χ3n) is 11.3. The minimum atomic E-state index is -1.04. The number of carboxylic acid groups (broad SMARTS) is 1. The summed E-state index contributed by atoms with van der Waals surface area (Å²) in [7, 11) is 0. The Morgan fingerprint density at radius 1 is 1.00 bits per heavy atom. The molecule has 0 spiro atoms. The molecule has 204 valence electrons. The smallest absolute Gasteiger partial charge is 0.306 e. The summed E-state index contributed by atoms with van der Waals surface area (Å²) in [5.74, 6) is -2.49. The van der Waals surface area contributed by atoms with Gasteiger partial charge in [0, 0.05) is 48.5 Å². The first-order valence-electron chi connectivity index (χ1n) is 13.7. The van der Waals surface area contributed by atoms with Crippen molar-refractivity contribution in [3.63, 3.8) is 0 Å². The fourth-order valence-corrected chi connectivity index (χ4v) is 8.93. The Kier molecular flexibility index (Phi) is 6.54. The lowest BCUT2D eigenvalue weighted by Gasteiger charge is -2.60. The Labute approximate surface area is 219 Å². The molecule has 0 bridgehead atoms. The second kappa shape index (κ2) is 8.69. The van der Waals surface area contributed by atoms with Crippen molar-refractivity contribution in [2.24, 2.45) is 45.3 Å². The van der Waals surface area contributed by atoms with E-state index in [-0.39, 0.29) is 66.6 Å². The van der Waals surface area contributed by atoms with Crippen molar-refractivity contribution in [1.82, 2.24) is 0 Å². The second-order valence-electron chi connectivity index (χ2n) is 13.7. The van der Waals surface area contributed by atoms with Gasteiger partial charge in [-0.2, -0.15) is 0 Å². The molecule has 0 aromatic rings. The molecule has 0 heterocycles. The normalized spacial score (nSPS) is 40.5. The van der Waals surface area contributed by atoms with E-state index in [1.807, 2.05) is 41.5 Å². The number of fused-ring (bicyclic) bond motifs is 4. The zero-order chi connectivity index (χ0) is 27.9. The van der Waals surface area contributed by atoms with Gasteiger partial charge in [-0.1, -0.05) is 41.5 Å². The van der Waals surface area contributed by atoms with Crippen LogP contribution in [0.15, 0.2) is 11.1 Å². The van der Waals surface area contributed by atoms with Crippen LogP contribution in [0.4, 0.5) is 0 Å². The fraction of sp³-hybridized carbons (Fsp3) is 0.767. The number of carbonyl (C=O) groups excluding carboxylic acids is 4. The molecule has 4 rings (SSSR count). The Hall–Kier alpha value is -2.15. The highest BCUT2D eigenvalue weighted by atomic mass is 16.4. The number of aliphatic carboxylic acids is 1. The molecule has 2 fully saturated rings. The van der Waals surface area contributed by atoms with E-state index in [9.17, 15) is 34.2 Å². The maximum absolute atomic E-state index is 14.0. The second-order valence-corrected chi connectivity index (χ2v) is 13.7. The first kappa shape index (κ1) is 27.9. The molecule has 4 aliphatic rings. The zero-order valence-corrected chi connectivity index (χ0v) is 23.3. The van der Waals surface area contributed by atoms with E-state index in [0.717, 1.165) is 0 Å². The van der Waals surface area contributed by atoms with Crippen LogP contribution in [0.3, 0.4) is 0 Å². The average Bonchev–Trinajstić information content (AvgIpc) is 2.99. The number of aliphatic hydroxyl groups excluding tert-OH is 1. The van der Waals surface area contributed by atoms with Crippen LogP contribution in [-0.4, -0.2) is 45.4 Å². The topological polar surface area (TPSA) is 126 Å². The average molecular weight is 515 g/mol. The van der Waals surface area contributed by atoms with Gasteiger partial charge in [-0.25, -0.2) is 0 Å². The van der Waals surface area contributed by atoms with Crippen LogP contribution < -0.4 is 0 Å². The summed E-state index contributed by atoms with van der Waals surface area (Å²) in [6.07, 6.45) is 0.736. The Morgan fingerprint density at radius 2 is 1.62 bits per heavy atom. The van der Waals surface area contributed by atoms with Gasteiger partial charge in [0.2, 0.25) is 0 Å². The van der Waals surface area contributed by atoms with Crippen LogP contribution in [0.2, 0.25) is 0 Å². The number of aliphatic hydroxyl groups is 1. The van der Waals surface area contributed by atoms with Gasteiger partial charge in [-0.05, 0) is 48.5 Å². The predicted molar refractivity (Wildman–Crippen MR) is 136 cm³/mol. The van der Waals surface area contributed by atoms with Crippen LogP contribution in [0.25, 0.3) is 0 Å². The fourth-order valence-electron chi connectivity index (χ4n) is 8.93. The summed E-state index contributed by atoms with van der Waals surface area (Å²) in [5, 5.41) is 20.7. The van der Waals surface area contributed by atoms with E-state index in [1.54, 1.807) is 0 Å². The zero-order valence-electron chi connectivity index (χ0n) is 23.3. The number of allylic oxidation sites excluding steroid dienone is 1. The van der Waals surface area contributed by atoms with Crippen LogP contribution in [0.5, 0.6) is 0 Å². The highest BCUT2D eigenvalue weighted by Crippen LogP contribution is 2.70. The number of rotatable bonds is 6. The molecule has 7 heteroatoms. The lowest BCUT2D eigenvalue weighted by Crippen LogP contribution is -2.60. The molecule has 0 amide bonds. The van der Waals surface area contributed by atoms with E-state index < -0.39 is 39.7 Å². The van der Waals surface area contributed by atoms with E-state index in [4.69, 9.17) is 0 Å². The van der Waals surface area contributed by atoms with Gasteiger partial charge in [0.1, 0.15) is 17.3 Å². The van der Waals surface area contributed by atoms with Crippen molar-refractivity contribution in [1.29, 1.82) is 0 Å². The third-order valence-corrected chi connectivity index (χ3v) is 11.3. The number of Topliss-reactive ketones (excluding diaryl/α,β-unsaturated/α-hetero) is 4. The van der Waals surface area contributed by atoms with Gasteiger partial charge in [0.25, 0.3) is 0 Å². The van der Waals surface area contributed by atoms with Crippen LogP contribution in [-0.2, 0) is 24.0 Å². The molecular weight excluding hydrogens is 472 g/mol. The van der Waals surface area contributed by atoms with Crippen molar-refractivity contribution in [3.05, 3.63) is 11.1 Å². The summed E-state index contributed by atoms with van der Waals surface area (Å²) < 4.78 is 0. The first-order valence-corrected chi connectivity index (χ1v) is 13.7. The van der Waals surface area contributed by atoms with E-state index >= 15 is 0 Å². The molecule has 4 aliphatic carbocycles. The van der Waals surface area contributed by atoms with Crippen molar-refractivity contribution < 1.29 is 34.2 Å². The van der Waals surface area contributed by atoms with Gasteiger partial charge >= 0.3 is 5.97 Å². The number of carboxylic acids is 1. The molecule has 0 aromatic carbocycles. The molecule has 0 aromatic heterocycles. The minimum Gasteiger partial charge on any atom is -0.481 e. The lowest BCUT2D eigenvalue weighted by atomic mass is 9.42. The number of hydrogen-bond acceptors (Lipinski definition) is 6. The van der Waals surface area contributed by atoms with Gasteiger partial charge in [0.15, 0.2) is 5.78 Å². The third kappa shape index (κ3) is 3.74. The van der Waals surface area contributed by atoms with Crippen LogP contribution in [0, 0.1) is 45.3 Å². The van der Waals surface area contributed by atoms with Gasteiger partial charge in [0.05, 0.1) is 17.4 Å². The van der Waals surface area contributed by atoms with Crippen LogP contribution >= 0.6 is 0 Å². The molecule has 0 saturated heterocycles. The van der Waals surface area contributed by atoms with Crippen molar-refractivity contribution in [2.45, 2.75) is 99.5 Å². The number of hydrogen-bond donors (Lipinski definition) is 2. The number of ketones is 4. The van der Waals surface area contributed by atoms with E-state index in [1.165, 1.54) is 6.92 Å². The minimum absolute atomic E-state index is 0.00884. The van der Waals surface area contributed by atoms with Crippen LogP contribution in [0.1, 0.15) is 93.4 Å². The standard InChI is InChI=1S/C30H42O7/c1-15(10-17(31)11-16(2)26(36)37)18-12-23(35)30(7)25-19(32)13-21-27(3,4)22(34)8-9-28(21,5)24(25)20(33)14-29(18,30)6/h15-16,18-19,21,32H,8-14H2,1-7H3,(H,36,37)/t15?,16?,18?,19-,21?,28-,29+,30-/m1/s1. The first-order chi connectivity index (χ1) is 16.9. The molecule has 37 heavy (non-hydrogen) atoms. The summed E-state index contributed by atoms with van der Waals surface area (Å²) in [5.41, 5.74) is -1.92. The van der Waals surface area contributed by atoms with E-state index in [0.29, 0.717) is 30.4 Å². The van der Waals surface area contributed by atoms with E-state index in [2.05, 4.69) is 0 Å². The summed E-state index contributed by atoms with van der Waals surface area (Å²) in [6.45, 7) is 13.1. The van der Waals surface area contributed by atoms with Gasteiger partial charge in [-0.15, -0.1) is 0 Å². The summed E-state index contributed by atoms with van der Waals surface area (Å²) >= 11 is 0. The maximum atomic E-state index is 14.0. The molecule has 2 saturated carbocycles. The predicted octanol–water partition coefficient (Wildman–Crippen LogP) is 4.34. The molecule has 2 N–H and O–H groups in total. The molecule has 0 aliphatic heterocycles.